The van der Waals surface area contributed by atoms with Crippen molar-refractivity contribution in [2.45, 2.75) is 39.2 Å². The average Bonchev–Trinajstić information content (AvgIpc) is 2.12. The van der Waals surface area contributed by atoms with Crippen molar-refractivity contribution in [1.29, 1.82) is 0 Å². The molecule has 1 unspecified atom stereocenters. The topological polar surface area (TPSA) is 66.4 Å². The molecule has 2 N–H and O–H groups in total. The highest BCUT2D eigenvalue weighted by Crippen LogP contribution is 2.21. The quantitative estimate of drug-likeness (QED) is 0.719. The van der Waals surface area contributed by atoms with Crippen LogP contribution in [0.5, 0.6) is 0 Å². The van der Waals surface area contributed by atoms with Crippen molar-refractivity contribution >= 4 is 23.6 Å². The number of hydrogen-bond donors (Lipinski definition) is 2. The lowest BCUT2D eigenvalue weighted by molar-refractivity contribution is -0.139. The van der Waals surface area contributed by atoms with Crippen molar-refractivity contribution in [1.82, 2.24) is 5.32 Å². The molecule has 0 aromatic carbocycles. The van der Waals surface area contributed by atoms with E-state index in [1.165, 1.54) is 0 Å². The molecule has 94 valence electrons. The van der Waals surface area contributed by atoms with Gasteiger partial charge in [-0.15, -0.1) is 0 Å². The van der Waals surface area contributed by atoms with Crippen molar-refractivity contribution in [2.24, 2.45) is 5.92 Å². The Balaban J connectivity index is 4.43. The summed E-state index contributed by atoms with van der Waals surface area (Å²) in [5.74, 6) is -0.123. The number of thioether (sulfide) groups is 1. The van der Waals surface area contributed by atoms with Gasteiger partial charge in [-0.3, -0.25) is 9.59 Å². The van der Waals surface area contributed by atoms with Crippen LogP contribution in [0.2, 0.25) is 0 Å². The van der Waals surface area contributed by atoms with Crippen LogP contribution in [0.4, 0.5) is 0 Å². The normalized spacial score (nSPS) is 14.6. The van der Waals surface area contributed by atoms with E-state index in [1.54, 1.807) is 18.7 Å². The van der Waals surface area contributed by atoms with Crippen LogP contribution in [0, 0.1) is 5.92 Å². The van der Waals surface area contributed by atoms with Crippen LogP contribution in [0.25, 0.3) is 0 Å². The smallest absolute Gasteiger partial charge is 0.305 e. The Bertz CT molecular complexity index is 256. The first kappa shape index (κ1) is 15.3. The maximum atomic E-state index is 11.6. The predicted octanol–water partition coefficient (Wildman–Crippen LogP) is 1.75. The molecule has 0 saturated heterocycles. The summed E-state index contributed by atoms with van der Waals surface area (Å²) in [7, 11) is 0. The first-order chi connectivity index (χ1) is 7.31. The lowest BCUT2D eigenvalue weighted by Gasteiger charge is -2.33. The second-order valence-corrected chi connectivity index (χ2v) is 5.42. The molecule has 5 heteroatoms. The van der Waals surface area contributed by atoms with Crippen LogP contribution in [-0.2, 0) is 9.59 Å². The minimum absolute atomic E-state index is 0.0460. The van der Waals surface area contributed by atoms with Gasteiger partial charge >= 0.3 is 5.97 Å². The number of nitrogens with one attached hydrogen (secondary N) is 1. The summed E-state index contributed by atoms with van der Waals surface area (Å²) >= 11 is 1.60. The lowest BCUT2D eigenvalue weighted by atomic mass is 9.85. The largest absolute Gasteiger partial charge is 0.481 e. The Morgan fingerprint density at radius 2 is 2.00 bits per heavy atom. The zero-order valence-electron chi connectivity index (χ0n) is 10.4. The van der Waals surface area contributed by atoms with Crippen molar-refractivity contribution in [3.05, 3.63) is 0 Å². The fourth-order valence-corrected chi connectivity index (χ4v) is 1.67. The molecule has 0 heterocycles. The minimum atomic E-state index is -0.888. The lowest BCUT2D eigenvalue weighted by Crippen LogP contribution is -2.51. The predicted molar refractivity (Wildman–Crippen MR) is 66.6 cm³/mol. The van der Waals surface area contributed by atoms with Gasteiger partial charge in [0.15, 0.2) is 0 Å². The third-order valence-corrected chi connectivity index (χ3v) is 3.36. The molecule has 0 aliphatic heterocycles. The summed E-state index contributed by atoms with van der Waals surface area (Å²) in [6.07, 6.45) is 2.32. The van der Waals surface area contributed by atoms with Gasteiger partial charge in [-0.1, -0.05) is 13.8 Å². The molecule has 0 rings (SSSR count). The molecule has 0 aromatic rings. The van der Waals surface area contributed by atoms with Gasteiger partial charge in [-0.25, -0.2) is 0 Å². The van der Waals surface area contributed by atoms with Crippen LogP contribution in [0.1, 0.15) is 33.6 Å². The maximum absolute atomic E-state index is 11.6. The zero-order valence-corrected chi connectivity index (χ0v) is 11.2. The van der Waals surface area contributed by atoms with Crippen molar-refractivity contribution in [3.8, 4) is 0 Å². The van der Waals surface area contributed by atoms with Gasteiger partial charge in [0, 0.05) is 17.7 Å². The third-order valence-electron chi connectivity index (χ3n) is 2.75. The van der Waals surface area contributed by atoms with Crippen molar-refractivity contribution < 1.29 is 14.7 Å². The average molecular weight is 247 g/mol. The molecule has 16 heavy (non-hydrogen) atoms. The van der Waals surface area contributed by atoms with Gasteiger partial charge < -0.3 is 10.4 Å². The van der Waals surface area contributed by atoms with Crippen LogP contribution in [-0.4, -0.2) is 34.5 Å². The Morgan fingerprint density at radius 3 is 2.38 bits per heavy atom. The van der Waals surface area contributed by atoms with Gasteiger partial charge in [0.25, 0.3) is 0 Å². The number of carbonyl (C=O) groups excluding carboxylic acids is 1. The molecule has 0 aromatic heterocycles. The van der Waals surface area contributed by atoms with Gasteiger partial charge in [-0.05, 0) is 19.1 Å². The molecule has 0 fully saturated rings. The van der Waals surface area contributed by atoms with E-state index in [4.69, 9.17) is 5.11 Å². The van der Waals surface area contributed by atoms with Gasteiger partial charge in [0.1, 0.15) is 0 Å². The summed E-state index contributed by atoms with van der Waals surface area (Å²) in [6, 6.07) is 0. The number of carboxylic acids is 1. The fraction of sp³-hybridized carbons (Fsp3) is 0.818. The number of aliphatic carboxylic acids is 1. The van der Waals surface area contributed by atoms with E-state index >= 15 is 0 Å². The van der Waals surface area contributed by atoms with Gasteiger partial charge in [-0.2, -0.15) is 11.8 Å². The number of hydrogen-bond acceptors (Lipinski definition) is 3. The van der Waals surface area contributed by atoms with Crippen molar-refractivity contribution in [2.75, 3.05) is 12.0 Å². The maximum Gasteiger partial charge on any atom is 0.305 e. The molecule has 1 amide bonds. The molecule has 0 bridgehead atoms. The van der Waals surface area contributed by atoms with Crippen LogP contribution in [0.15, 0.2) is 0 Å². The standard InChI is InChI=1S/C11H21NO3S/c1-8(2)11(3,7-10(14)15)12-9(13)5-6-16-4/h8H,5-7H2,1-4H3,(H,12,13)(H,14,15). The van der Waals surface area contributed by atoms with Gasteiger partial charge in [0.05, 0.1) is 6.42 Å². The van der Waals surface area contributed by atoms with E-state index in [9.17, 15) is 9.59 Å². The number of carbonyl (C=O) groups is 2. The third kappa shape index (κ3) is 5.39. The highest BCUT2D eigenvalue weighted by molar-refractivity contribution is 7.98. The Kier molecular flexibility index (Phi) is 6.48. The fourth-order valence-electron chi connectivity index (χ4n) is 1.28. The second kappa shape index (κ2) is 6.78. The molecule has 0 radical (unpaired) electrons. The Morgan fingerprint density at radius 1 is 1.44 bits per heavy atom. The summed E-state index contributed by atoms with van der Waals surface area (Å²) in [5, 5.41) is 11.7. The highest BCUT2D eigenvalue weighted by atomic mass is 32.2. The molecular weight excluding hydrogens is 226 g/mol. The highest BCUT2D eigenvalue weighted by Gasteiger charge is 2.32. The van der Waals surface area contributed by atoms with E-state index < -0.39 is 11.5 Å². The Hall–Kier alpha value is -0.710. The summed E-state index contributed by atoms with van der Waals surface area (Å²) in [6.45, 7) is 5.61. The Labute approximate surface area is 101 Å². The molecule has 0 saturated carbocycles. The molecule has 1 atom stereocenters. The number of rotatable bonds is 7. The first-order valence-corrected chi connectivity index (χ1v) is 6.73. The number of amides is 1. The van der Waals surface area contributed by atoms with E-state index in [-0.39, 0.29) is 18.2 Å². The van der Waals surface area contributed by atoms with Gasteiger partial charge in [0.2, 0.25) is 5.91 Å². The molecular formula is C11H21NO3S. The van der Waals surface area contributed by atoms with E-state index in [0.29, 0.717) is 6.42 Å². The van der Waals surface area contributed by atoms with E-state index in [2.05, 4.69) is 5.32 Å². The SMILES string of the molecule is CSCCC(=O)NC(C)(CC(=O)O)C(C)C. The summed E-state index contributed by atoms with van der Waals surface area (Å²) in [4.78, 5) is 22.3. The second-order valence-electron chi connectivity index (χ2n) is 4.43. The van der Waals surface area contributed by atoms with E-state index in [0.717, 1.165) is 5.75 Å². The monoisotopic (exact) mass is 247 g/mol. The molecule has 4 nitrogen and oxygen atoms in total. The van der Waals surface area contributed by atoms with Crippen LogP contribution < -0.4 is 5.32 Å². The van der Waals surface area contributed by atoms with E-state index in [1.807, 2.05) is 20.1 Å². The zero-order chi connectivity index (χ0) is 12.8. The molecule has 0 aliphatic carbocycles. The summed E-state index contributed by atoms with van der Waals surface area (Å²) in [5.41, 5.74) is -0.665. The molecule has 0 spiro atoms. The van der Waals surface area contributed by atoms with Crippen LogP contribution in [0.3, 0.4) is 0 Å². The minimum Gasteiger partial charge on any atom is -0.481 e. The number of carboxylic acid groups (broad SMARTS) is 1. The van der Waals surface area contributed by atoms with Crippen molar-refractivity contribution in [3.63, 3.8) is 0 Å². The summed E-state index contributed by atoms with van der Waals surface area (Å²) < 4.78 is 0. The van der Waals surface area contributed by atoms with Crippen LogP contribution >= 0.6 is 11.8 Å². The first-order valence-electron chi connectivity index (χ1n) is 5.33. The molecule has 0 aliphatic rings.